The minimum atomic E-state index is -0.292. The second kappa shape index (κ2) is 7.24. The SMILES string of the molecule is Cc1ccc(OCC(=O)NN=Cc2cccc(C)c2)cc1. The number of ether oxygens (including phenoxy) is 1. The molecule has 0 radical (unpaired) electrons. The summed E-state index contributed by atoms with van der Waals surface area (Å²) in [5.41, 5.74) is 5.67. The molecule has 0 unspecified atom stereocenters. The number of hydrazone groups is 1. The highest BCUT2D eigenvalue weighted by atomic mass is 16.5. The highest BCUT2D eigenvalue weighted by molar-refractivity contribution is 5.83. The molecule has 0 aliphatic carbocycles. The smallest absolute Gasteiger partial charge is 0.277 e. The molecule has 0 saturated heterocycles. The minimum absolute atomic E-state index is 0.0613. The first-order valence-corrected chi connectivity index (χ1v) is 6.71. The van der Waals surface area contributed by atoms with Gasteiger partial charge in [-0.2, -0.15) is 5.10 Å². The zero-order valence-corrected chi connectivity index (χ0v) is 12.2. The molecule has 0 aliphatic heterocycles. The third-order valence-electron chi connectivity index (χ3n) is 2.84. The number of carbonyl (C=O) groups is 1. The van der Waals surface area contributed by atoms with Crippen molar-refractivity contribution in [1.82, 2.24) is 5.43 Å². The predicted molar refractivity (Wildman–Crippen MR) is 83.6 cm³/mol. The Kier molecular flexibility index (Phi) is 5.10. The summed E-state index contributed by atoms with van der Waals surface area (Å²) in [5.74, 6) is 0.373. The quantitative estimate of drug-likeness (QED) is 0.677. The van der Waals surface area contributed by atoms with Crippen molar-refractivity contribution >= 4 is 12.1 Å². The van der Waals surface area contributed by atoms with Crippen LogP contribution < -0.4 is 10.2 Å². The molecule has 1 amide bonds. The second-order valence-electron chi connectivity index (χ2n) is 4.81. The Labute approximate surface area is 124 Å². The van der Waals surface area contributed by atoms with E-state index in [4.69, 9.17) is 4.74 Å². The summed E-state index contributed by atoms with van der Waals surface area (Å²) < 4.78 is 5.36. The monoisotopic (exact) mass is 282 g/mol. The van der Waals surface area contributed by atoms with Crippen LogP contribution in [0.25, 0.3) is 0 Å². The van der Waals surface area contributed by atoms with E-state index in [1.807, 2.05) is 62.4 Å². The number of amides is 1. The van der Waals surface area contributed by atoms with E-state index in [0.717, 1.165) is 16.7 Å². The first-order chi connectivity index (χ1) is 10.1. The normalized spacial score (nSPS) is 10.6. The van der Waals surface area contributed by atoms with Crippen molar-refractivity contribution in [2.45, 2.75) is 13.8 Å². The van der Waals surface area contributed by atoms with Crippen LogP contribution in [0.5, 0.6) is 5.75 Å². The topological polar surface area (TPSA) is 50.7 Å². The summed E-state index contributed by atoms with van der Waals surface area (Å²) in [6.45, 7) is 3.94. The molecule has 0 fully saturated rings. The molecule has 0 aliphatic rings. The maximum Gasteiger partial charge on any atom is 0.277 e. The number of rotatable bonds is 5. The van der Waals surface area contributed by atoms with Crippen LogP contribution >= 0.6 is 0 Å². The minimum Gasteiger partial charge on any atom is -0.484 e. The third-order valence-corrected chi connectivity index (χ3v) is 2.84. The van der Waals surface area contributed by atoms with Gasteiger partial charge in [-0.3, -0.25) is 4.79 Å². The van der Waals surface area contributed by atoms with Crippen LogP contribution in [0.4, 0.5) is 0 Å². The van der Waals surface area contributed by atoms with Crippen molar-refractivity contribution in [3.05, 3.63) is 65.2 Å². The molecule has 0 saturated carbocycles. The average molecular weight is 282 g/mol. The summed E-state index contributed by atoms with van der Waals surface area (Å²) in [6.07, 6.45) is 1.61. The molecular formula is C17H18N2O2. The van der Waals surface area contributed by atoms with E-state index >= 15 is 0 Å². The van der Waals surface area contributed by atoms with Crippen LogP contribution in [0.15, 0.2) is 53.6 Å². The number of benzene rings is 2. The summed E-state index contributed by atoms with van der Waals surface area (Å²) in [6, 6.07) is 15.4. The van der Waals surface area contributed by atoms with E-state index in [-0.39, 0.29) is 12.5 Å². The zero-order valence-electron chi connectivity index (χ0n) is 12.2. The van der Waals surface area contributed by atoms with Crippen molar-refractivity contribution in [3.63, 3.8) is 0 Å². The van der Waals surface area contributed by atoms with Crippen LogP contribution in [-0.2, 0) is 4.79 Å². The first-order valence-electron chi connectivity index (χ1n) is 6.71. The first kappa shape index (κ1) is 14.8. The summed E-state index contributed by atoms with van der Waals surface area (Å²) in [5, 5.41) is 3.90. The van der Waals surface area contributed by atoms with Gasteiger partial charge in [0.25, 0.3) is 5.91 Å². The molecule has 1 N–H and O–H groups in total. The van der Waals surface area contributed by atoms with Crippen LogP contribution in [-0.4, -0.2) is 18.7 Å². The second-order valence-corrected chi connectivity index (χ2v) is 4.81. The van der Waals surface area contributed by atoms with Crippen LogP contribution in [0.3, 0.4) is 0 Å². The molecule has 0 atom stereocenters. The molecule has 4 nitrogen and oxygen atoms in total. The molecule has 21 heavy (non-hydrogen) atoms. The van der Waals surface area contributed by atoms with E-state index in [0.29, 0.717) is 5.75 Å². The Hall–Kier alpha value is -2.62. The molecule has 108 valence electrons. The van der Waals surface area contributed by atoms with Crippen LogP contribution in [0.1, 0.15) is 16.7 Å². The molecule has 0 bridgehead atoms. The Morgan fingerprint density at radius 3 is 2.62 bits per heavy atom. The van der Waals surface area contributed by atoms with Crippen molar-refractivity contribution in [2.75, 3.05) is 6.61 Å². The Morgan fingerprint density at radius 2 is 1.90 bits per heavy atom. The molecule has 2 aromatic rings. The lowest BCUT2D eigenvalue weighted by Crippen LogP contribution is -2.24. The van der Waals surface area contributed by atoms with E-state index in [2.05, 4.69) is 10.5 Å². The van der Waals surface area contributed by atoms with E-state index in [1.54, 1.807) is 6.21 Å². The van der Waals surface area contributed by atoms with Crippen molar-refractivity contribution in [3.8, 4) is 5.75 Å². The Balaban J connectivity index is 1.78. The summed E-state index contributed by atoms with van der Waals surface area (Å²) >= 11 is 0. The van der Waals surface area contributed by atoms with Gasteiger partial charge in [-0.1, -0.05) is 47.5 Å². The zero-order chi connectivity index (χ0) is 15.1. The lowest BCUT2D eigenvalue weighted by Gasteiger charge is -2.05. The summed E-state index contributed by atoms with van der Waals surface area (Å²) in [4.78, 5) is 11.6. The Morgan fingerprint density at radius 1 is 1.14 bits per heavy atom. The number of aryl methyl sites for hydroxylation is 2. The van der Waals surface area contributed by atoms with Gasteiger partial charge in [0, 0.05) is 0 Å². The number of hydrogen-bond donors (Lipinski definition) is 1. The van der Waals surface area contributed by atoms with E-state index < -0.39 is 0 Å². The van der Waals surface area contributed by atoms with Crippen molar-refractivity contribution in [1.29, 1.82) is 0 Å². The molecular weight excluding hydrogens is 264 g/mol. The summed E-state index contributed by atoms with van der Waals surface area (Å²) in [7, 11) is 0. The van der Waals surface area contributed by atoms with Crippen LogP contribution in [0, 0.1) is 13.8 Å². The van der Waals surface area contributed by atoms with Gasteiger partial charge in [-0.05, 0) is 31.5 Å². The van der Waals surface area contributed by atoms with Crippen LogP contribution in [0.2, 0.25) is 0 Å². The molecule has 0 heterocycles. The third kappa shape index (κ3) is 5.10. The van der Waals surface area contributed by atoms with Gasteiger partial charge in [0.15, 0.2) is 6.61 Å². The van der Waals surface area contributed by atoms with Gasteiger partial charge >= 0.3 is 0 Å². The fraction of sp³-hybridized carbons (Fsp3) is 0.176. The predicted octanol–water partition coefficient (Wildman–Crippen LogP) is 2.83. The molecule has 4 heteroatoms. The largest absolute Gasteiger partial charge is 0.484 e. The van der Waals surface area contributed by atoms with E-state index in [1.165, 1.54) is 0 Å². The van der Waals surface area contributed by atoms with Gasteiger partial charge in [0.05, 0.1) is 6.21 Å². The number of nitrogens with zero attached hydrogens (tertiary/aromatic N) is 1. The fourth-order valence-electron chi connectivity index (χ4n) is 1.74. The average Bonchev–Trinajstić information content (AvgIpc) is 2.47. The van der Waals surface area contributed by atoms with Gasteiger partial charge in [0.1, 0.15) is 5.75 Å². The molecule has 0 aromatic heterocycles. The number of carbonyl (C=O) groups excluding carboxylic acids is 1. The molecule has 2 rings (SSSR count). The van der Waals surface area contributed by atoms with Gasteiger partial charge in [-0.15, -0.1) is 0 Å². The lowest BCUT2D eigenvalue weighted by atomic mass is 10.2. The number of nitrogens with one attached hydrogen (secondary N) is 1. The van der Waals surface area contributed by atoms with Crippen molar-refractivity contribution < 1.29 is 9.53 Å². The van der Waals surface area contributed by atoms with E-state index in [9.17, 15) is 4.79 Å². The fourth-order valence-corrected chi connectivity index (χ4v) is 1.74. The van der Waals surface area contributed by atoms with Gasteiger partial charge in [0.2, 0.25) is 0 Å². The molecule has 0 spiro atoms. The van der Waals surface area contributed by atoms with Gasteiger partial charge < -0.3 is 4.74 Å². The maximum atomic E-state index is 11.6. The highest BCUT2D eigenvalue weighted by Crippen LogP contribution is 2.10. The van der Waals surface area contributed by atoms with Gasteiger partial charge in [-0.25, -0.2) is 5.43 Å². The number of hydrogen-bond acceptors (Lipinski definition) is 3. The standard InChI is InChI=1S/C17H18N2O2/c1-13-6-8-16(9-7-13)21-12-17(20)19-18-11-15-5-3-4-14(2)10-15/h3-11H,12H2,1-2H3,(H,19,20). The maximum absolute atomic E-state index is 11.6. The van der Waals surface area contributed by atoms with Crippen molar-refractivity contribution in [2.24, 2.45) is 5.10 Å². The molecule has 2 aromatic carbocycles. The lowest BCUT2D eigenvalue weighted by molar-refractivity contribution is -0.123. The Bertz CT molecular complexity index is 633. The highest BCUT2D eigenvalue weighted by Gasteiger charge is 2.00.